The largest absolute Gasteiger partial charge is 0.407 e. The number of rotatable bonds is 8. The molecule has 0 bridgehead atoms. The zero-order valence-electron chi connectivity index (χ0n) is 15.2. The summed E-state index contributed by atoms with van der Waals surface area (Å²) in [5.74, 6) is -6.13. The first-order chi connectivity index (χ1) is 13.5. The van der Waals surface area contributed by atoms with Crippen molar-refractivity contribution in [1.82, 2.24) is 10.6 Å². The second-order valence-corrected chi connectivity index (χ2v) is 7.67. The molecule has 2 saturated carbocycles. The minimum absolute atomic E-state index is 0.240. The molecule has 10 heteroatoms. The molecule has 2 fully saturated rings. The van der Waals surface area contributed by atoms with Crippen LogP contribution in [0.25, 0.3) is 0 Å². The molecule has 1 amide bonds. The van der Waals surface area contributed by atoms with Gasteiger partial charge in [0, 0.05) is 12.3 Å². The minimum atomic E-state index is -4.92. The van der Waals surface area contributed by atoms with E-state index in [0.29, 0.717) is 12.8 Å². The van der Waals surface area contributed by atoms with Gasteiger partial charge in [0.25, 0.3) is 5.92 Å². The van der Waals surface area contributed by atoms with Crippen molar-refractivity contribution in [1.29, 1.82) is 5.26 Å². The van der Waals surface area contributed by atoms with Gasteiger partial charge >= 0.3 is 6.18 Å². The molecule has 158 valence electrons. The first-order valence-electron chi connectivity index (χ1n) is 9.15. The molecule has 0 spiro atoms. The van der Waals surface area contributed by atoms with Crippen LogP contribution in [0.1, 0.15) is 43.7 Å². The van der Waals surface area contributed by atoms with Gasteiger partial charge in [-0.3, -0.25) is 10.1 Å². The number of hydrogen-bond donors (Lipinski definition) is 2. The zero-order chi connectivity index (χ0) is 21.4. The number of nitrogens with one attached hydrogen (secondary N) is 2. The summed E-state index contributed by atoms with van der Waals surface area (Å²) in [6.45, 7) is 0. The molecule has 4 nitrogen and oxygen atoms in total. The molecule has 0 aliphatic heterocycles. The quantitative estimate of drug-likeness (QED) is 0.627. The summed E-state index contributed by atoms with van der Waals surface area (Å²) in [7, 11) is 0. The van der Waals surface area contributed by atoms with Crippen LogP contribution < -0.4 is 10.6 Å². The number of carbonyl (C=O) groups excluding carboxylic acids is 1. The van der Waals surface area contributed by atoms with Crippen LogP contribution in [0, 0.1) is 23.1 Å². The van der Waals surface area contributed by atoms with Gasteiger partial charge < -0.3 is 5.32 Å². The van der Waals surface area contributed by atoms with Crippen molar-refractivity contribution in [3.63, 3.8) is 0 Å². The van der Waals surface area contributed by atoms with E-state index in [1.54, 1.807) is 0 Å². The molecule has 29 heavy (non-hydrogen) atoms. The lowest BCUT2D eigenvalue weighted by molar-refractivity contribution is -0.163. The van der Waals surface area contributed by atoms with Crippen molar-refractivity contribution in [3.05, 3.63) is 35.6 Å². The van der Waals surface area contributed by atoms with Crippen LogP contribution in [0.3, 0.4) is 0 Å². The van der Waals surface area contributed by atoms with Crippen LogP contribution >= 0.6 is 0 Å². The van der Waals surface area contributed by atoms with E-state index in [4.69, 9.17) is 5.26 Å². The Hall–Kier alpha value is -2.28. The fourth-order valence-electron chi connectivity index (χ4n) is 3.12. The van der Waals surface area contributed by atoms with E-state index < -0.39 is 59.3 Å². The fourth-order valence-corrected chi connectivity index (χ4v) is 3.12. The van der Waals surface area contributed by atoms with Crippen molar-refractivity contribution in [3.8, 4) is 6.07 Å². The molecule has 0 saturated heterocycles. The summed E-state index contributed by atoms with van der Waals surface area (Å²) in [5.41, 5.74) is -1.62. The van der Waals surface area contributed by atoms with Crippen molar-refractivity contribution < 1.29 is 31.1 Å². The summed E-state index contributed by atoms with van der Waals surface area (Å²) in [5, 5.41) is 13.4. The molecular formula is C19H19F6N3O. The topological polar surface area (TPSA) is 64.9 Å². The zero-order valence-corrected chi connectivity index (χ0v) is 15.2. The van der Waals surface area contributed by atoms with Crippen LogP contribution in [-0.2, 0) is 4.79 Å². The van der Waals surface area contributed by atoms with Crippen LogP contribution in [0.5, 0.6) is 0 Å². The maximum Gasteiger partial charge on any atom is 0.407 e. The lowest BCUT2D eigenvalue weighted by atomic mass is 9.99. The third kappa shape index (κ3) is 5.21. The van der Waals surface area contributed by atoms with Gasteiger partial charge in [-0.15, -0.1) is 0 Å². The maximum atomic E-state index is 14.3. The first-order valence-corrected chi connectivity index (χ1v) is 9.15. The Kier molecular flexibility index (Phi) is 5.56. The van der Waals surface area contributed by atoms with E-state index in [0.717, 1.165) is 24.3 Å². The lowest BCUT2D eigenvalue weighted by Crippen LogP contribution is -2.53. The number of benzene rings is 1. The smallest absolute Gasteiger partial charge is 0.336 e. The summed E-state index contributed by atoms with van der Waals surface area (Å²) in [4.78, 5) is 12.5. The fraction of sp³-hybridized carbons (Fsp3) is 0.579. The van der Waals surface area contributed by atoms with Gasteiger partial charge in [-0.2, -0.15) is 18.4 Å². The van der Waals surface area contributed by atoms with E-state index in [1.807, 2.05) is 11.4 Å². The summed E-state index contributed by atoms with van der Waals surface area (Å²) in [6.07, 6.45) is -4.95. The molecule has 2 N–H and O–H groups in total. The second-order valence-electron chi connectivity index (χ2n) is 7.67. The van der Waals surface area contributed by atoms with E-state index in [1.165, 1.54) is 0 Å². The standard InChI is InChI=1S/C19H19F6N3O/c20-13-5-1-11(2-6-13)15(19(23,24)25)27-14(9-18(21,22)12-3-4-12)16(29)28-17(10-26)7-8-17/h1-2,5-6,12,14-15,27H,3-4,7-9H2,(H,28,29). The lowest BCUT2D eigenvalue weighted by Gasteiger charge is -2.30. The van der Waals surface area contributed by atoms with Gasteiger partial charge in [0.1, 0.15) is 17.4 Å². The Bertz CT molecular complexity index is 794. The Morgan fingerprint density at radius 1 is 1.17 bits per heavy atom. The molecule has 2 aliphatic carbocycles. The van der Waals surface area contributed by atoms with Crippen molar-refractivity contribution in [2.45, 2.75) is 61.8 Å². The Balaban J connectivity index is 1.85. The average molecular weight is 419 g/mol. The molecule has 0 radical (unpaired) electrons. The normalized spacial score (nSPS) is 20.4. The molecule has 0 heterocycles. The summed E-state index contributed by atoms with van der Waals surface area (Å²) < 4.78 is 82.6. The van der Waals surface area contributed by atoms with E-state index in [-0.39, 0.29) is 12.8 Å². The van der Waals surface area contributed by atoms with Crippen molar-refractivity contribution in [2.24, 2.45) is 5.92 Å². The van der Waals surface area contributed by atoms with Crippen molar-refractivity contribution >= 4 is 5.91 Å². The van der Waals surface area contributed by atoms with Gasteiger partial charge in [-0.1, -0.05) is 12.1 Å². The Labute approximate surface area is 163 Å². The average Bonchev–Trinajstić information content (AvgIpc) is 3.52. The minimum Gasteiger partial charge on any atom is -0.336 e. The van der Waals surface area contributed by atoms with E-state index >= 15 is 0 Å². The summed E-state index contributed by atoms with van der Waals surface area (Å²) >= 11 is 0. The van der Waals surface area contributed by atoms with Gasteiger partial charge in [-0.05, 0) is 43.4 Å². The molecule has 2 unspecified atom stereocenters. The van der Waals surface area contributed by atoms with E-state index in [2.05, 4.69) is 5.32 Å². The molecule has 1 aromatic rings. The van der Waals surface area contributed by atoms with E-state index in [9.17, 15) is 31.1 Å². The number of nitriles is 1. The van der Waals surface area contributed by atoms with Crippen molar-refractivity contribution in [2.75, 3.05) is 0 Å². The summed E-state index contributed by atoms with van der Waals surface area (Å²) in [6, 6.07) is 0.911. The highest BCUT2D eigenvalue weighted by atomic mass is 19.4. The monoisotopic (exact) mass is 419 g/mol. The number of halogens is 6. The first kappa shape index (κ1) is 21.4. The Morgan fingerprint density at radius 3 is 2.21 bits per heavy atom. The number of amides is 1. The predicted octanol–water partition coefficient (Wildman–Crippen LogP) is 4.00. The van der Waals surface area contributed by atoms with Crippen LogP contribution in [0.4, 0.5) is 26.3 Å². The molecule has 0 aromatic heterocycles. The number of carbonyl (C=O) groups is 1. The second kappa shape index (κ2) is 7.52. The molecule has 3 rings (SSSR count). The molecule has 1 aromatic carbocycles. The number of hydrogen-bond acceptors (Lipinski definition) is 3. The number of alkyl halides is 5. The predicted molar refractivity (Wildman–Crippen MR) is 90.1 cm³/mol. The van der Waals surface area contributed by atoms with Gasteiger partial charge in [-0.25, -0.2) is 13.2 Å². The highest BCUT2D eigenvalue weighted by molar-refractivity contribution is 5.83. The number of nitrogens with zero attached hydrogens (tertiary/aromatic N) is 1. The van der Waals surface area contributed by atoms with Gasteiger partial charge in [0.15, 0.2) is 0 Å². The van der Waals surface area contributed by atoms with Crippen LogP contribution in [0.15, 0.2) is 24.3 Å². The van der Waals surface area contributed by atoms with Gasteiger partial charge in [0.2, 0.25) is 5.91 Å². The third-order valence-corrected chi connectivity index (χ3v) is 5.19. The van der Waals surface area contributed by atoms with Crippen LogP contribution in [-0.4, -0.2) is 29.6 Å². The third-order valence-electron chi connectivity index (χ3n) is 5.19. The highest BCUT2D eigenvalue weighted by Crippen LogP contribution is 2.46. The highest BCUT2D eigenvalue weighted by Gasteiger charge is 2.52. The molecule has 2 aliphatic rings. The molecule has 2 atom stereocenters. The Morgan fingerprint density at radius 2 is 1.76 bits per heavy atom. The van der Waals surface area contributed by atoms with Gasteiger partial charge in [0.05, 0.1) is 12.1 Å². The molecular weight excluding hydrogens is 400 g/mol. The maximum absolute atomic E-state index is 14.3. The SMILES string of the molecule is N#CC1(NC(=O)C(CC(F)(F)C2CC2)NC(c2ccc(F)cc2)C(F)(F)F)CC1. The van der Waals surface area contributed by atoms with Crippen LogP contribution in [0.2, 0.25) is 0 Å².